The van der Waals surface area contributed by atoms with E-state index in [1.54, 1.807) is 6.26 Å². The first-order chi connectivity index (χ1) is 15.4. The molecule has 0 spiro atoms. The van der Waals surface area contributed by atoms with Gasteiger partial charge in [0.2, 0.25) is 0 Å². The molecule has 7 nitrogen and oxygen atoms in total. The van der Waals surface area contributed by atoms with E-state index in [2.05, 4.69) is 39.8 Å². The molecule has 0 radical (unpaired) electrons. The van der Waals surface area contributed by atoms with Gasteiger partial charge in [0.05, 0.1) is 32.6 Å². The molecule has 32 heavy (non-hydrogen) atoms. The van der Waals surface area contributed by atoms with E-state index < -0.39 is 0 Å². The third kappa shape index (κ3) is 8.06. The van der Waals surface area contributed by atoms with Gasteiger partial charge in [-0.05, 0) is 29.7 Å². The molecule has 2 aliphatic rings. The Morgan fingerprint density at radius 1 is 1.00 bits per heavy atom. The van der Waals surface area contributed by atoms with E-state index in [1.807, 2.05) is 12.1 Å². The molecule has 3 heterocycles. The van der Waals surface area contributed by atoms with Crippen LogP contribution in [0.2, 0.25) is 0 Å². The van der Waals surface area contributed by atoms with E-state index in [1.165, 1.54) is 11.1 Å². The van der Waals surface area contributed by atoms with Crippen LogP contribution in [0, 0.1) is 5.92 Å². The minimum Gasteiger partial charge on any atom is -0.469 e. The zero-order valence-corrected chi connectivity index (χ0v) is 21.0. The summed E-state index contributed by atoms with van der Waals surface area (Å²) in [6.07, 6.45) is 3.65. The summed E-state index contributed by atoms with van der Waals surface area (Å²) in [6.45, 7) is 8.55. The molecule has 0 saturated carbocycles. The fourth-order valence-corrected chi connectivity index (χ4v) is 3.95. The van der Waals surface area contributed by atoms with Gasteiger partial charge in [0.1, 0.15) is 5.76 Å². The average Bonchev–Trinajstić information content (AvgIpc) is 3.51. The summed E-state index contributed by atoms with van der Waals surface area (Å²) < 4.78 is 16.4. The van der Waals surface area contributed by atoms with Gasteiger partial charge in [0.25, 0.3) is 0 Å². The lowest BCUT2D eigenvalue weighted by Crippen LogP contribution is -2.41. The number of benzene rings is 1. The summed E-state index contributed by atoms with van der Waals surface area (Å²) >= 11 is 0. The average molecular weight is 554 g/mol. The molecule has 2 fully saturated rings. The second-order valence-corrected chi connectivity index (χ2v) is 8.19. The molecule has 1 aromatic heterocycles. The van der Waals surface area contributed by atoms with E-state index >= 15 is 0 Å². The third-order valence-corrected chi connectivity index (χ3v) is 5.85. The predicted octanol–water partition coefficient (Wildman–Crippen LogP) is 3.04. The number of guanidine groups is 1. The smallest absolute Gasteiger partial charge is 0.191 e. The van der Waals surface area contributed by atoms with E-state index in [0.29, 0.717) is 12.5 Å². The van der Waals surface area contributed by atoms with Gasteiger partial charge in [0.15, 0.2) is 5.96 Å². The van der Waals surface area contributed by atoms with Crippen LogP contribution in [0.3, 0.4) is 0 Å². The van der Waals surface area contributed by atoms with Gasteiger partial charge in [-0.2, -0.15) is 0 Å². The number of nitrogens with zero attached hydrogens (tertiary/aromatic N) is 2. The largest absolute Gasteiger partial charge is 0.469 e. The second kappa shape index (κ2) is 13.8. The van der Waals surface area contributed by atoms with Crippen molar-refractivity contribution in [3.8, 4) is 0 Å². The van der Waals surface area contributed by atoms with Crippen LogP contribution in [0.1, 0.15) is 23.3 Å². The maximum absolute atomic E-state index is 5.51. The number of rotatable bonds is 9. The Hall–Kier alpha value is -1.62. The molecule has 2 N–H and O–H groups in total. The highest BCUT2D eigenvalue weighted by Gasteiger charge is 2.16. The van der Waals surface area contributed by atoms with Crippen LogP contribution >= 0.6 is 24.0 Å². The van der Waals surface area contributed by atoms with Crippen molar-refractivity contribution in [1.82, 2.24) is 15.5 Å². The molecular formula is C24H35IN4O3. The van der Waals surface area contributed by atoms with Gasteiger partial charge in [-0.15, -0.1) is 24.0 Å². The number of furan rings is 1. The highest BCUT2D eigenvalue weighted by Crippen LogP contribution is 2.14. The van der Waals surface area contributed by atoms with E-state index in [9.17, 15) is 0 Å². The number of halogens is 1. The predicted molar refractivity (Wildman–Crippen MR) is 136 cm³/mol. The molecule has 176 valence electrons. The Morgan fingerprint density at radius 2 is 1.84 bits per heavy atom. The third-order valence-electron chi connectivity index (χ3n) is 5.85. The zero-order valence-electron chi connectivity index (χ0n) is 18.6. The first-order valence-corrected chi connectivity index (χ1v) is 11.4. The number of aliphatic imine (C=N–C) groups is 1. The Kier molecular flexibility index (Phi) is 10.8. The van der Waals surface area contributed by atoms with Gasteiger partial charge < -0.3 is 24.5 Å². The summed E-state index contributed by atoms with van der Waals surface area (Å²) in [6, 6.07) is 12.5. The van der Waals surface area contributed by atoms with Crippen molar-refractivity contribution in [1.29, 1.82) is 0 Å². The molecule has 2 saturated heterocycles. The molecule has 0 amide bonds. The number of nitrogens with one attached hydrogen (secondary N) is 2. The van der Waals surface area contributed by atoms with Crippen LogP contribution in [0.4, 0.5) is 0 Å². The number of hydrogen-bond donors (Lipinski definition) is 2. The highest BCUT2D eigenvalue weighted by atomic mass is 127. The molecule has 1 atom stereocenters. The highest BCUT2D eigenvalue weighted by molar-refractivity contribution is 14.0. The SMILES string of the molecule is I.c1coc(CCNC(=NCc2ccccc2CN2CCOCC2)NCC2CCOC2)c1. The normalized spacial score (nSPS) is 19.5. The van der Waals surface area contributed by atoms with Gasteiger partial charge >= 0.3 is 0 Å². The van der Waals surface area contributed by atoms with Crippen molar-refractivity contribution >= 4 is 29.9 Å². The molecule has 1 unspecified atom stereocenters. The summed E-state index contributed by atoms with van der Waals surface area (Å²) in [7, 11) is 0. The Balaban J connectivity index is 0.00000289. The van der Waals surface area contributed by atoms with Crippen LogP contribution in [-0.2, 0) is 29.0 Å². The van der Waals surface area contributed by atoms with Gasteiger partial charge in [-0.3, -0.25) is 4.90 Å². The standard InChI is InChI=1S/C24H34N4O3.HI/c1-2-5-22(18-28-10-14-29-15-11-28)21(4-1)17-27-24(26-16-20-8-13-30-19-20)25-9-7-23-6-3-12-31-23;/h1-6,12,20H,7-11,13-19H2,(H2,25,26,27);1H. The minimum absolute atomic E-state index is 0. The first-order valence-electron chi connectivity index (χ1n) is 11.4. The lowest BCUT2D eigenvalue weighted by molar-refractivity contribution is 0.0341. The molecule has 4 rings (SSSR count). The number of hydrogen-bond acceptors (Lipinski definition) is 5. The van der Waals surface area contributed by atoms with Gasteiger partial charge in [-0.1, -0.05) is 24.3 Å². The zero-order chi connectivity index (χ0) is 21.1. The fraction of sp³-hybridized carbons (Fsp3) is 0.542. The summed E-state index contributed by atoms with van der Waals surface area (Å²) in [5.41, 5.74) is 2.61. The van der Waals surface area contributed by atoms with Crippen LogP contribution in [0.5, 0.6) is 0 Å². The maximum Gasteiger partial charge on any atom is 0.191 e. The topological polar surface area (TPSA) is 71.3 Å². The van der Waals surface area contributed by atoms with Crippen molar-refractivity contribution in [2.75, 3.05) is 52.6 Å². The first kappa shape index (κ1) is 25.0. The van der Waals surface area contributed by atoms with E-state index in [4.69, 9.17) is 18.9 Å². The van der Waals surface area contributed by atoms with Crippen molar-refractivity contribution in [3.05, 3.63) is 59.5 Å². The van der Waals surface area contributed by atoms with Gasteiger partial charge in [-0.25, -0.2) is 4.99 Å². The summed E-state index contributed by atoms with van der Waals surface area (Å²) in [4.78, 5) is 7.36. The molecular weight excluding hydrogens is 519 g/mol. The van der Waals surface area contributed by atoms with Crippen LogP contribution in [-0.4, -0.2) is 63.5 Å². The molecule has 2 aromatic rings. The van der Waals surface area contributed by atoms with E-state index in [0.717, 1.165) is 83.7 Å². The Labute approximate surface area is 208 Å². The van der Waals surface area contributed by atoms with Crippen molar-refractivity contribution in [2.24, 2.45) is 10.9 Å². The maximum atomic E-state index is 5.51. The Morgan fingerprint density at radius 3 is 2.59 bits per heavy atom. The van der Waals surface area contributed by atoms with Crippen LogP contribution in [0.25, 0.3) is 0 Å². The molecule has 0 aliphatic carbocycles. The summed E-state index contributed by atoms with van der Waals surface area (Å²) in [5, 5.41) is 6.98. The molecule has 1 aromatic carbocycles. The quantitative estimate of drug-likeness (QED) is 0.282. The van der Waals surface area contributed by atoms with Crippen molar-refractivity contribution < 1.29 is 13.9 Å². The lowest BCUT2D eigenvalue weighted by atomic mass is 10.1. The van der Waals surface area contributed by atoms with E-state index in [-0.39, 0.29) is 24.0 Å². The summed E-state index contributed by atoms with van der Waals surface area (Å²) in [5.74, 6) is 2.37. The molecule has 2 aliphatic heterocycles. The molecule has 0 bridgehead atoms. The van der Waals surface area contributed by atoms with Crippen LogP contribution in [0.15, 0.2) is 52.1 Å². The lowest BCUT2D eigenvalue weighted by Gasteiger charge is -2.27. The number of ether oxygens (including phenoxy) is 2. The molecule has 8 heteroatoms. The Bertz CT molecular complexity index is 803. The fourth-order valence-electron chi connectivity index (χ4n) is 3.95. The van der Waals surface area contributed by atoms with Crippen molar-refractivity contribution in [2.45, 2.75) is 25.9 Å². The second-order valence-electron chi connectivity index (χ2n) is 8.19. The monoisotopic (exact) mass is 554 g/mol. The van der Waals surface area contributed by atoms with Crippen molar-refractivity contribution in [3.63, 3.8) is 0 Å². The van der Waals surface area contributed by atoms with Crippen LogP contribution < -0.4 is 10.6 Å². The van der Waals surface area contributed by atoms with Gasteiger partial charge in [0, 0.05) is 51.7 Å². The number of morpholine rings is 1. The minimum atomic E-state index is 0.